The van der Waals surface area contributed by atoms with Crippen LogP contribution in [0.25, 0.3) is 0 Å². The van der Waals surface area contributed by atoms with Gasteiger partial charge in [-0.05, 0) is 12.1 Å². The average Bonchev–Trinajstić information content (AvgIpc) is 2.30. The first-order chi connectivity index (χ1) is 8.08. The summed E-state index contributed by atoms with van der Waals surface area (Å²) in [5.74, 6) is 0.130. The summed E-state index contributed by atoms with van der Waals surface area (Å²) < 4.78 is 25.8. The topological polar surface area (TPSA) is 124 Å². The Kier molecular flexibility index (Phi) is 2.83. The van der Waals surface area contributed by atoms with Crippen LogP contribution in [0.5, 0.6) is 0 Å². The van der Waals surface area contributed by atoms with Crippen LogP contribution < -0.4 is 10.5 Å². The first kappa shape index (κ1) is 11.2. The summed E-state index contributed by atoms with van der Waals surface area (Å²) in [7, 11) is -3.76. The van der Waals surface area contributed by atoms with Gasteiger partial charge < -0.3 is 5.73 Å². The van der Waals surface area contributed by atoms with E-state index in [2.05, 4.69) is 24.9 Å². The molecule has 3 N–H and O–H groups in total. The predicted octanol–water partition coefficient (Wildman–Crippen LogP) is -0.350. The minimum Gasteiger partial charge on any atom is -0.384 e. The number of nitrogen functional groups attached to an aromatic ring is 1. The highest BCUT2D eigenvalue weighted by Gasteiger charge is 2.15. The molecule has 2 aromatic rings. The quantitative estimate of drug-likeness (QED) is 0.764. The molecule has 0 aliphatic carbocycles. The van der Waals surface area contributed by atoms with E-state index in [0.29, 0.717) is 0 Å². The van der Waals surface area contributed by atoms with Crippen molar-refractivity contribution in [1.29, 1.82) is 0 Å². The third kappa shape index (κ3) is 2.64. The number of nitrogens with zero attached hydrogens (tertiary/aromatic N) is 4. The molecule has 0 aliphatic rings. The summed E-state index contributed by atoms with van der Waals surface area (Å²) in [6.07, 6.45) is 3.81. The molecule has 0 aliphatic heterocycles. The predicted molar refractivity (Wildman–Crippen MR) is 59.3 cm³/mol. The fourth-order valence-electron chi connectivity index (χ4n) is 1.02. The van der Waals surface area contributed by atoms with E-state index in [1.54, 1.807) is 0 Å². The Morgan fingerprint density at radius 3 is 2.59 bits per heavy atom. The summed E-state index contributed by atoms with van der Waals surface area (Å²) >= 11 is 0. The summed E-state index contributed by atoms with van der Waals surface area (Å²) in [5, 5.41) is 7.01. The molecule has 2 aromatic heterocycles. The maximum atomic E-state index is 11.8. The van der Waals surface area contributed by atoms with Gasteiger partial charge in [0.05, 0.1) is 12.4 Å². The fourth-order valence-corrected chi connectivity index (χ4v) is 1.91. The van der Waals surface area contributed by atoms with Crippen molar-refractivity contribution in [2.45, 2.75) is 4.90 Å². The van der Waals surface area contributed by atoms with E-state index in [1.807, 2.05) is 0 Å². The molecule has 0 aromatic carbocycles. The van der Waals surface area contributed by atoms with E-state index in [1.165, 1.54) is 24.5 Å². The van der Waals surface area contributed by atoms with Gasteiger partial charge in [-0.1, -0.05) is 0 Å². The maximum absolute atomic E-state index is 11.8. The number of rotatable bonds is 3. The smallest absolute Gasteiger partial charge is 0.265 e. The van der Waals surface area contributed by atoms with Crippen molar-refractivity contribution < 1.29 is 8.42 Å². The van der Waals surface area contributed by atoms with Crippen LogP contribution in [0.2, 0.25) is 0 Å². The molecule has 0 saturated carbocycles. The first-order valence-corrected chi connectivity index (χ1v) is 5.94. The number of aromatic nitrogens is 4. The maximum Gasteiger partial charge on any atom is 0.265 e. The number of nitrogens with one attached hydrogen (secondary N) is 1. The molecular formula is C8H8N6O2S. The molecule has 9 heteroatoms. The minimum absolute atomic E-state index is 0.0286. The van der Waals surface area contributed by atoms with E-state index in [-0.39, 0.29) is 16.7 Å². The molecule has 0 atom stereocenters. The van der Waals surface area contributed by atoms with Gasteiger partial charge in [0, 0.05) is 6.20 Å². The Hall–Kier alpha value is -2.29. The Balaban J connectivity index is 2.29. The normalized spacial score (nSPS) is 11.1. The van der Waals surface area contributed by atoms with Crippen LogP contribution in [-0.4, -0.2) is 28.6 Å². The molecule has 17 heavy (non-hydrogen) atoms. The zero-order valence-corrected chi connectivity index (χ0v) is 9.29. The largest absolute Gasteiger partial charge is 0.384 e. The van der Waals surface area contributed by atoms with Crippen LogP contribution >= 0.6 is 0 Å². The minimum atomic E-state index is -3.76. The van der Waals surface area contributed by atoms with Crippen molar-refractivity contribution in [1.82, 2.24) is 20.2 Å². The molecule has 0 bridgehead atoms. The summed E-state index contributed by atoms with van der Waals surface area (Å²) in [6, 6.07) is 2.72. The lowest BCUT2D eigenvalue weighted by Crippen LogP contribution is -2.15. The van der Waals surface area contributed by atoms with Gasteiger partial charge >= 0.3 is 0 Å². The van der Waals surface area contributed by atoms with Crippen LogP contribution in [0, 0.1) is 0 Å². The van der Waals surface area contributed by atoms with Crippen LogP contribution in [-0.2, 0) is 10.0 Å². The van der Waals surface area contributed by atoms with Crippen LogP contribution in [0.3, 0.4) is 0 Å². The Labute approximate surface area is 97.0 Å². The molecule has 88 valence electrons. The van der Waals surface area contributed by atoms with Gasteiger partial charge in [0.1, 0.15) is 10.7 Å². The van der Waals surface area contributed by atoms with Gasteiger partial charge in [0.15, 0.2) is 0 Å². The van der Waals surface area contributed by atoms with Crippen molar-refractivity contribution in [2.75, 3.05) is 10.5 Å². The molecule has 8 nitrogen and oxygen atoms in total. The number of nitrogens with two attached hydrogens (primary N) is 1. The van der Waals surface area contributed by atoms with E-state index in [9.17, 15) is 8.42 Å². The summed E-state index contributed by atoms with van der Waals surface area (Å²) in [4.78, 5) is 7.36. The molecule has 0 fully saturated rings. The van der Waals surface area contributed by atoms with Crippen molar-refractivity contribution in [2.24, 2.45) is 0 Å². The van der Waals surface area contributed by atoms with Gasteiger partial charge in [0.25, 0.3) is 16.0 Å². The lowest BCUT2D eigenvalue weighted by atomic mass is 10.5. The van der Waals surface area contributed by atoms with E-state index in [4.69, 9.17) is 5.73 Å². The molecule has 2 heterocycles. The van der Waals surface area contributed by atoms with Crippen molar-refractivity contribution in [3.8, 4) is 0 Å². The number of anilines is 2. The second kappa shape index (κ2) is 4.29. The molecule has 2 rings (SSSR count). The molecule has 0 radical (unpaired) electrons. The van der Waals surface area contributed by atoms with Crippen molar-refractivity contribution in [3.05, 3.63) is 30.7 Å². The second-order valence-corrected chi connectivity index (χ2v) is 4.67. The molecule has 0 amide bonds. The monoisotopic (exact) mass is 252 g/mol. The SMILES string of the molecule is Nc1ccc(S(=O)(=O)Nc2nccnn2)cn1. The Morgan fingerprint density at radius 1 is 1.18 bits per heavy atom. The third-order valence-corrected chi connectivity index (χ3v) is 3.09. The number of sulfonamides is 1. The number of pyridine rings is 1. The zero-order chi connectivity index (χ0) is 12.3. The van der Waals surface area contributed by atoms with Gasteiger partial charge in [-0.15, -0.1) is 5.10 Å². The van der Waals surface area contributed by atoms with E-state index in [0.717, 1.165) is 6.20 Å². The lowest BCUT2D eigenvalue weighted by Gasteiger charge is -2.04. The van der Waals surface area contributed by atoms with E-state index >= 15 is 0 Å². The third-order valence-electron chi connectivity index (χ3n) is 1.78. The highest BCUT2D eigenvalue weighted by atomic mass is 32.2. The Morgan fingerprint density at radius 2 is 2.00 bits per heavy atom. The highest BCUT2D eigenvalue weighted by Crippen LogP contribution is 2.11. The van der Waals surface area contributed by atoms with Gasteiger partial charge in [-0.2, -0.15) is 5.10 Å². The van der Waals surface area contributed by atoms with Gasteiger partial charge in [0.2, 0.25) is 0 Å². The van der Waals surface area contributed by atoms with Gasteiger partial charge in [-0.25, -0.2) is 23.1 Å². The summed E-state index contributed by atoms with van der Waals surface area (Å²) in [5.41, 5.74) is 5.36. The van der Waals surface area contributed by atoms with Crippen LogP contribution in [0.1, 0.15) is 0 Å². The lowest BCUT2D eigenvalue weighted by molar-refractivity contribution is 0.600. The molecule has 0 unspecified atom stereocenters. The second-order valence-electron chi connectivity index (χ2n) is 2.99. The van der Waals surface area contributed by atoms with Gasteiger partial charge in [-0.3, -0.25) is 0 Å². The molecule has 0 saturated heterocycles. The molecule has 0 spiro atoms. The highest BCUT2D eigenvalue weighted by molar-refractivity contribution is 7.92. The van der Waals surface area contributed by atoms with Crippen LogP contribution in [0.4, 0.5) is 11.8 Å². The van der Waals surface area contributed by atoms with Crippen molar-refractivity contribution >= 4 is 21.8 Å². The summed E-state index contributed by atoms with van der Waals surface area (Å²) in [6.45, 7) is 0. The molecular weight excluding hydrogens is 244 g/mol. The average molecular weight is 252 g/mol. The van der Waals surface area contributed by atoms with E-state index < -0.39 is 10.0 Å². The Bertz CT molecular complexity index is 598. The van der Waals surface area contributed by atoms with Crippen molar-refractivity contribution in [3.63, 3.8) is 0 Å². The van der Waals surface area contributed by atoms with Crippen LogP contribution in [0.15, 0.2) is 35.6 Å². The standard InChI is InChI=1S/C8H8N6O2S/c9-7-2-1-6(5-11-7)17(15,16)14-8-10-3-4-12-13-8/h1-5H,(H2,9,11)(H,10,13,14). The number of hydrogen-bond donors (Lipinski definition) is 2. The fraction of sp³-hybridized carbons (Fsp3) is 0. The first-order valence-electron chi connectivity index (χ1n) is 4.46. The zero-order valence-electron chi connectivity index (χ0n) is 8.48. The number of hydrogen-bond acceptors (Lipinski definition) is 7.